The molecule has 1 unspecified atom stereocenters. The lowest BCUT2D eigenvalue weighted by atomic mass is 9.96. The number of carbonyl (C=O) groups is 1. The van der Waals surface area contributed by atoms with Crippen LogP contribution in [0.25, 0.3) is 16.7 Å². The third kappa shape index (κ3) is 2.71. The number of aromatic amines is 1. The van der Waals surface area contributed by atoms with Crippen molar-refractivity contribution in [1.29, 1.82) is 0 Å². The van der Waals surface area contributed by atoms with Crippen LogP contribution in [0.4, 0.5) is 0 Å². The van der Waals surface area contributed by atoms with Crippen molar-refractivity contribution < 1.29 is 9.00 Å². The summed E-state index contributed by atoms with van der Waals surface area (Å²) < 4.78 is 13.6. The van der Waals surface area contributed by atoms with E-state index in [1.54, 1.807) is 0 Å². The minimum atomic E-state index is -0.721. The first-order valence-electron chi connectivity index (χ1n) is 11.3. The van der Waals surface area contributed by atoms with Crippen molar-refractivity contribution in [2.75, 3.05) is 11.5 Å². The zero-order chi connectivity index (χ0) is 22.3. The van der Waals surface area contributed by atoms with Crippen molar-refractivity contribution in [3.63, 3.8) is 0 Å². The van der Waals surface area contributed by atoms with Gasteiger partial charge in [0.1, 0.15) is 5.82 Å². The van der Waals surface area contributed by atoms with Crippen molar-refractivity contribution >= 4 is 33.4 Å². The van der Waals surface area contributed by atoms with Crippen LogP contribution in [-0.4, -0.2) is 46.1 Å². The standard InChI is InChI=1S/C24H21N5O3S/c30-23-22-27-26-20(9-13-5-7-33(32)8-6-13)29(22)19-11-16-17(10-18(19)25-23)24(31)28-12-14-3-1-2-4-15(14)21(16)28/h1-4,10-11,13,21H,5-9,12H2,(H,25,30). The highest BCUT2D eigenvalue weighted by Crippen LogP contribution is 2.46. The van der Waals surface area contributed by atoms with Gasteiger partial charge in [0.15, 0.2) is 0 Å². The largest absolute Gasteiger partial charge is 0.323 e. The van der Waals surface area contributed by atoms with E-state index in [-0.39, 0.29) is 23.2 Å². The van der Waals surface area contributed by atoms with Crippen LogP contribution in [0.5, 0.6) is 0 Å². The van der Waals surface area contributed by atoms with E-state index in [0.717, 1.165) is 46.8 Å². The molecule has 0 aliphatic carbocycles. The molecule has 1 saturated heterocycles. The molecule has 7 rings (SSSR count). The molecule has 1 N–H and O–H groups in total. The average Bonchev–Trinajstić information content (AvgIpc) is 3.48. The minimum Gasteiger partial charge on any atom is -0.323 e. The fraction of sp³-hybridized carbons (Fsp3) is 0.333. The molecule has 3 aliphatic heterocycles. The first kappa shape index (κ1) is 19.2. The molecule has 8 nitrogen and oxygen atoms in total. The van der Waals surface area contributed by atoms with E-state index >= 15 is 0 Å². The maximum Gasteiger partial charge on any atom is 0.294 e. The monoisotopic (exact) mass is 459 g/mol. The summed E-state index contributed by atoms with van der Waals surface area (Å²) in [6.07, 6.45) is 2.46. The van der Waals surface area contributed by atoms with Crippen LogP contribution in [-0.2, 0) is 23.8 Å². The van der Waals surface area contributed by atoms with Gasteiger partial charge in [-0.05, 0) is 47.6 Å². The van der Waals surface area contributed by atoms with Crippen LogP contribution in [0, 0.1) is 5.92 Å². The van der Waals surface area contributed by atoms with Gasteiger partial charge in [-0.1, -0.05) is 24.3 Å². The van der Waals surface area contributed by atoms with Gasteiger partial charge in [0.25, 0.3) is 11.5 Å². The lowest BCUT2D eigenvalue weighted by Crippen LogP contribution is -2.21. The van der Waals surface area contributed by atoms with E-state index in [0.29, 0.717) is 30.0 Å². The number of hydrogen-bond acceptors (Lipinski definition) is 5. The van der Waals surface area contributed by atoms with Gasteiger partial charge in [-0.25, -0.2) is 0 Å². The Kier molecular flexibility index (Phi) is 3.97. The molecule has 9 heteroatoms. The lowest BCUT2D eigenvalue weighted by Gasteiger charge is -2.20. The molecule has 33 heavy (non-hydrogen) atoms. The van der Waals surface area contributed by atoms with Gasteiger partial charge >= 0.3 is 0 Å². The van der Waals surface area contributed by atoms with Crippen molar-refractivity contribution in [3.05, 3.63) is 74.8 Å². The number of rotatable bonds is 2. The smallest absolute Gasteiger partial charge is 0.294 e. The molecule has 3 aliphatic rings. The summed E-state index contributed by atoms with van der Waals surface area (Å²) >= 11 is 0. The maximum atomic E-state index is 13.2. The van der Waals surface area contributed by atoms with E-state index < -0.39 is 10.8 Å². The van der Waals surface area contributed by atoms with Gasteiger partial charge < -0.3 is 9.88 Å². The number of aromatic nitrogens is 4. The Morgan fingerprint density at radius 3 is 2.73 bits per heavy atom. The second kappa shape index (κ2) is 6.84. The number of H-pyrrole nitrogens is 1. The number of amides is 1. The second-order valence-electron chi connectivity index (χ2n) is 9.22. The summed E-state index contributed by atoms with van der Waals surface area (Å²) in [7, 11) is -0.721. The Morgan fingerprint density at radius 2 is 1.88 bits per heavy atom. The van der Waals surface area contributed by atoms with E-state index in [1.807, 2.05) is 33.6 Å². The number of nitrogens with zero attached hydrogens (tertiary/aromatic N) is 4. The van der Waals surface area contributed by atoms with Crippen molar-refractivity contribution in [1.82, 2.24) is 24.5 Å². The van der Waals surface area contributed by atoms with Crippen LogP contribution in [0.3, 0.4) is 0 Å². The molecule has 4 aromatic rings. The molecule has 166 valence electrons. The van der Waals surface area contributed by atoms with E-state index in [9.17, 15) is 13.8 Å². The fourth-order valence-corrected chi connectivity index (χ4v) is 7.10. The second-order valence-corrected chi connectivity index (χ2v) is 10.9. The van der Waals surface area contributed by atoms with E-state index in [4.69, 9.17) is 0 Å². The lowest BCUT2D eigenvalue weighted by molar-refractivity contribution is 0.0759. The summed E-state index contributed by atoms with van der Waals surface area (Å²) in [5, 5.41) is 8.56. The summed E-state index contributed by atoms with van der Waals surface area (Å²) in [6.45, 7) is 0.595. The molecule has 2 aromatic heterocycles. The Labute approximate surface area is 191 Å². The van der Waals surface area contributed by atoms with Gasteiger partial charge in [0, 0.05) is 40.8 Å². The van der Waals surface area contributed by atoms with Crippen molar-refractivity contribution in [2.45, 2.75) is 31.8 Å². The highest BCUT2D eigenvalue weighted by atomic mass is 32.2. The predicted octanol–water partition coefficient (Wildman–Crippen LogP) is 2.33. The number of hydrogen-bond donors (Lipinski definition) is 1. The van der Waals surface area contributed by atoms with E-state index in [2.05, 4.69) is 27.3 Å². The third-order valence-corrected chi connectivity index (χ3v) is 8.74. The Morgan fingerprint density at radius 1 is 1.06 bits per heavy atom. The van der Waals surface area contributed by atoms with Crippen LogP contribution >= 0.6 is 0 Å². The molecule has 0 radical (unpaired) electrons. The van der Waals surface area contributed by atoms with Crippen LogP contribution in [0.2, 0.25) is 0 Å². The number of benzene rings is 2. The SMILES string of the molecule is O=C1c2cc3[nH]c(=O)c4nnc(CC5CCS(=O)CC5)n4c3cc2C2c3ccccc3CN12. The molecule has 1 fully saturated rings. The molecule has 0 spiro atoms. The van der Waals surface area contributed by atoms with Crippen LogP contribution in [0.15, 0.2) is 41.2 Å². The molecular weight excluding hydrogens is 438 g/mol. The Balaban J connectivity index is 1.42. The highest BCUT2D eigenvalue weighted by molar-refractivity contribution is 7.85. The Hall–Kier alpha value is -3.33. The molecule has 0 saturated carbocycles. The zero-order valence-electron chi connectivity index (χ0n) is 17.8. The molecule has 1 atom stereocenters. The van der Waals surface area contributed by atoms with Crippen LogP contribution in [0.1, 0.15) is 51.8 Å². The summed E-state index contributed by atoms with van der Waals surface area (Å²) in [6, 6.07) is 11.9. The molecule has 5 heterocycles. The first-order chi connectivity index (χ1) is 16.1. The summed E-state index contributed by atoms with van der Waals surface area (Å²) in [5.74, 6) is 2.54. The predicted molar refractivity (Wildman–Crippen MR) is 124 cm³/mol. The van der Waals surface area contributed by atoms with Gasteiger partial charge in [0.05, 0.1) is 17.1 Å². The topological polar surface area (TPSA) is 100 Å². The third-order valence-electron chi connectivity index (χ3n) is 7.36. The zero-order valence-corrected chi connectivity index (χ0v) is 18.6. The van der Waals surface area contributed by atoms with Crippen molar-refractivity contribution in [2.24, 2.45) is 5.92 Å². The van der Waals surface area contributed by atoms with Gasteiger partial charge in [-0.3, -0.25) is 18.2 Å². The average molecular weight is 460 g/mol. The normalized spacial score (nSPS) is 23.8. The van der Waals surface area contributed by atoms with Crippen LogP contribution < -0.4 is 5.56 Å². The molecule has 1 amide bonds. The van der Waals surface area contributed by atoms with E-state index in [1.165, 1.54) is 5.56 Å². The fourth-order valence-electron chi connectivity index (χ4n) is 5.70. The molecule has 0 bridgehead atoms. The number of fused-ring (bicyclic) bond motifs is 8. The summed E-state index contributed by atoms with van der Waals surface area (Å²) in [4.78, 5) is 30.8. The van der Waals surface area contributed by atoms with Gasteiger partial charge in [0.2, 0.25) is 5.65 Å². The van der Waals surface area contributed by atoms with Gasteiger partial charge in [-0.2, -0.15) is 0 Å². The highest BCUT2D eigenvalue weighted by Gasteiger charge is 2.43. The Bertz CT molecular complexity index is 1560. The van der Waals surface area contributed by atoms with Crippen molar-refractivity contribution in [3.8, 4) is 0 Å². The summed E-state index contributed by atoms with van der Waals surface area (Å²) in [5.41, 5.74) is 5.30. The molecular formula is C24H21N5O3S. The number of carbonyl (C=O) groups excluding carboxylic acids is 1. The number of nitrogens with one attached hydrogen (secondary N) is 1. The maximum absolute atomic E-state index is 13.2. The minimum absolute atomic E-state index is 0.00627. The van der Waals surface area contributed by atoms with Gasteiger partial charge in [-0.15, -0.1) is 10.2 Å². The first-order valence-corrected chi connectivity index (χ1v) is 12.7. The molecule has 2 aromatic carbocycles. The quantitative estimate of drug-likeness (QED) is 0.496.